The predicted octanol–water partition coefficient (Wildman–Crippen LogP) is 1.95. The van der Waals surface area contributed by atoms with Gasteiger partial charge in [-0.3, -0.25) is 9.59 Å². The Morgan fingerprint density at radius 1 is 1.31 bits per heavy atom. The van der Waals surface area contributed by atoms with Gasteiger partial charge < -0.3 is 10.1 Å². The fourth-order valence-electron chi connectivity index (χ4n) is 2.69. The number of hydrogen-bond donors (Lipinski definition) is 1. The maximum absolute atomic E-state index is 12.8. The van der Waals surface area contributed by atoms with Gasteiger partial charge in [0.15, 0.2) is 6.61 Å². The van der Waals surface area contributed by atoms with Gasteiger partial charge in [0, 0.05) is 18.1 Å². The molecule has 0 aromatic heterocycles. The Balaban J connectivity index is 1.99. The Kier molecular flexibility index (Phi) is 7.43. The second kappa shape index (κ2) is 9.34. The second-order valence-corrected chi connectivity index (χ2v) is 8.37. The topological polar surface area (TPSA) is 92.8 Å². The number of ether oxygens (including phenoxy) is 1. The summed E-state index contributed by atoms with van der Waals surface area (Å²) in [5.41, 5.74) is 0. The van der Waals surface area contributed by atoms with Gasteiger partial charge in [-0.1, -0.05) is 24.9 Å². The summed E-state index contributed by atoms with van der Waals surface area (Å²) in [6.45, 7) is 2.34. The van der Waals surface area contributed by atoms with Crippen molar-refractivity contribution in [3.8, 4) is 0 Å². The summed E-state index contributed by atoms with van der Waals surface area (Å²) in [4.78, 5) is 24.0. The standard InChI is InChI=1S/C17H23ClN2O5S/c1-2-3-10-19-16(21)12-25-17(22)15-5-4-11-20(15)26(23,24)14-8-6-13(18)7-9-14/h6-9,15H,2-5,10-12H2,1H3,(H,19,21)/t15-/m0/s1. The molecule has 1 fully saturated rings. The van der Waals surface area contributed by atoms with E-state index in [9.17, 15) is 18.0 Å². The molecule has 0 bridgehead atoms. The van der Waals surface area contributed by atoms with E-state index in [4.69, 9.17) is 16.3 Å². The van der Waals surface area contributed by atoms with Crippen molar-refractivity contribution in [2.24, 2.45) is 0 Å². The maximum Gasteiger partial charge on any atom is 0.324 e. The van der Waals surface area contributed by atoms with Crippen LogP contribution >= 0.6 is 11.6 Å². The minimum absolute atomic E-state index is 0.0684. The molecular weight excluding hydrogens is 380 g/mol. The summed E-state index contributed by atoms with van der Waals surface area (Å²) in [7, 11) is -3.83. The van der Waals surface area contributed by atoms with Crippen LogP contribution in [0.1, 0.15) is 32.6 Å². The van der Waals surface area contributed by atoms with E-state index in [0.29, 0.717) is 24.4 Å². The molecule has 0 spiro atoms. The molecule has 26 heavy (non-hydrogen) atoms. The number of carbonyl (C=O) groups is 2. The molecule has 0 aliphatic carbocycles. The van der Waals surface area contributed by atoms with E-state index in [0.717, 1.165) is 17.1 Å². The highest BCUT2D eigenvalue weighted by molar-refractivity contribution is 7.89. The van der Waals surface area contributed by atoms with Crippen molar-refractivity contribution in [2.75, 3.05) is 19.7 Å². The molecule has 1 amide bonds. The smallest absolute Gasteiger partial charge is 0.324 e. The van der Waals surface area contributed by atoms with Crippen molar-refractivity contribution in [2.45, 2.75) is 43.5 Å². The van der Waals surface area contributed by atoms with Gasteiger partial charge in [0.05, 0.1) is 4.90 Å². The number of unbranched alkanes of at least 4 members (excludes halogenated alkanes) is 1. The van der Waals surface area contributed by atoms with Gasteiger partial charge in [-0.05, 0) is 43.5 Å². The monoisotopic (exact) mass is 402 g/mol. The van der Waals surface area contributed by atoms with E-state index in [2.05, 4.69) is 5.32 Å². The van der Waals surface area contributed by atoms with Crippen LogP contribution in [-0.2, 0) is 24.3 Å². The first-order chi connectivity index (χ1) is 12.4. The molecule has 1 aliphatic heterocycles. The molecular formula is C17H23ClN2O5S. The zero-order chi connectivity index (χ0) is 19.2. The van der Waals surface area contributed by atoms with E-state index >= 15 is 0 Å². The van der Waals surface area contributed by atoms with Gasteiger partial charge in [-0.15, -0.1) is 0 Å². The first kappa shape index (κ1) is 20.7. The van der Waals surface area contributed by atoms with Crippen molar-refractivity contribution in [3.05, 3.63) is 29.3 Å². The van der Waals surface area contributed by atoms with Crippen LogP contribution in [0.15, 0.2) is 29.2 Å². The Bertz CT molecular complexity index is 736. The molecule has 0 unspecified atom stereocenters. The van der Waals surface area contributed by atoms with Crippen molar-refractivity contribution >= 4 is 33.5 Å². The number of amides is 1. The first-order valence-electron chi connectivity index (χ1n) is 8.57. The summed E-state index contributed by atoms with van der Waals surface area (Å²) in [6.07, 6.45) is 2.70. The lowest BCUT2D eigenvalue weighted by Crippen LogP contribution is -2.42. The van der Waals surface area contributed by atoms with Crippen LogP contribution in [-0.4, -0.2) is 50.3 Å². The summed E-state index contributed by atoms with van der Waals surface area (Å²) in [6, 6.07) is 4.86. The summed E-state index contributed by atoms with van der Waals surface area (Å²) in [5, 5.41) is 3.07. The highest BCUT2D eigenvalue weighted by Crippen LogP contribution is 2.27. The highest BCUT2D eigenvalue weighted by Gasteiger charge is 2.40. The van der Waals surface area contributed by atoms with Crippen LogP contribution in [0.2, 0.25) is 5.02 Å². The highest BCUT2D eigenvalue weighted by atomic mass is 35.5. The van der Waals surface area contributed by atoms with Crippen molar-refractivity contribution < 1.29 is 22.7 Å². The van der Waals surface area contributed by atoms with Gasteiger partial charge >= 0.3 is 5.97 Å². The van der Waals surface area contributed by atoms with Gasteiger partial charge in [0.2, 0.25) is 10.0 Å². The van der Waals surface area contributed by atoms with Gasteiger partial charge in [-0.25, -0.2) is 8.42 Å². The molecule has 1 N–H and O–H groups in total. The number of carbonyl (C=O) groups excluding carboxylic acids is 2. The zero-order valence-electron chi connectivity index (χ0n) is 14.6. The van der Waals surface area contributed by atoms with Crippen molar-refractivity contribution in [1.82, 2.24) is 9.62 Å². The third kappa shape index (κ3) is 5.18. The Morgan fingerprint density at radius 3 is 2.65 bits per heavy atom. The van der Waals surface area contributed by atoms with E-state index in [-0.39, 0.29) is 11.4 Å². The summed E-state index contributed by atoms with van der Waals surface area (Å²) >= 11 is 5.80. The molecule has 1 aliphatic rings. The van der Waals surface area contributed by atoms with Gasteiger partial charge in [0.1, 0.15) is 6.04 Å². The van der Waals surface area contributed by atoms with Crippen LogP contribution in [0, 0.1) is 0 Å². The predicted molar refractivity (Wildman–Crippen MR) is 97.2 cm³/mol. The van der Waals surface area contributed by atoms with E-state index < -0.39 is 34.5 Å². The van der Waals surface area contributed by atoms with Crippen LogP contribution in [0.4, 0.5) is 0 Å². The number of sulfonamides is 1. The van der Waals surface area contributed by atoms with Crippen LogP contribution in [0.25, 0.3) is 0 Å². The lowest BCUT2D eigenvalue weighted by atomic mass is 10.2. The van der Waals surface area contributed by atoms with E-state index in [1.807, 2.05) is 6.92 Å². The summed E-state index contributed by atoms with van der Waals surface area (Å²) in [5.74, 6) is -1.09. The van der Waals surface area contributed by atoms with Crippen molar-refractivity contribution in [1.29, 1.82) is 0 Å². The largest absolute Gasteiger partial charge is 0.454 e. The third-order valence-corrected chi connectivity index (χ3v) is 6.27. The number of benzene rings is 1. The maximum atomic E-state index is 12.8. The normalized spacial score (nSPS) is 17.8. The van der Waals surface area contributed by atoms with E-state index in [1.54, 1.807) is 0 Å². The SMILES string of the molecule is CCCCNC(=O)COC(=O)[C@@H]1CCCN1S(=O)(=O)c1ccc(Cl)cc1. The zero-order valence-corrected chi connectivity index (χ0v) is 16.2. The Hall–Kier alpha value is -1.64. The Labute approximate surface area is 158 Å². The third-order valence-electron chi connectivity index (χ3n) is 4.09. The molecule has 1 atom stereocenters. The van der Waals surface area contributed by atoms with Crippen LogP contribution < -0.4 is 5.32 Å². The fraction of sp³-hybridized carbons (Fsp3) is 0.529. The lowest BCUT2D eigenvalue weighted by molar-refractivity contribution is -0.151. The molecule has 144 valence electrons. The number of nitrogens with one attached hydrogen (secondary N) is 1. The lowest BCUT2D eigenvalue weighted by Gasteiger charge is -2.22. The van der Waals surface area contributed by atoms with Crippen molar-refractivity contribution in [3.63, 3.8) is 0 Å². The average Bonchev–Trinajstić information content (AvgIpc) is 3.11. The molecule has 1 aromatic rings. The minimum Gasteiger partial charge on any atom is -0.454 e. The quantitative estimate of drug-likeness (QED) is 0.530. The van der Waals surface area contributed by atoms with Gasteiger partial charge in [-0.2, -0.15) is 4.31 Å². The van der Waals surface area contributed by atoms with E-state index in [1.165, 1.54) is 24.3 Å². The molecule has 7 nitrogen and oxygen atoms in total. The summed E-state index contributed by atoms with van der Waals surface area (Å²) < 4.78 is 31.7. The van der Waals surface area contributed by atoms with Crippen LogP contribution in [0.5, 0.6) is 0 Å². The molecule has 9 heteroatoms. The first-order valence-corrected chi connectivity index (χ1v) is 10.4. The number of rotatable bonds is 8. The number of hydrogen-bond acceptors (Lipinski definition) is 5. The van der Waals surface area contributed by atoms with Gasteiger partial charge in [0.25, 0.3) is 5.91 Å². The molecule has 1 saturated heterocycles. The average molecular weight is 403 g/mol. The molecule has 0 saturated carbocycles. The molecule has 1 heterocycles. The Morgan fingerprint density at radius 2 is 2.00 bits per heavy atom. The molecule has 1 aromatic carbocycles. The number of halogens is 1. The molecule has 2 rings (SSSR count). The minimum atomic E-state index is -3.83. The fourth-order valence-corrected chi connectivity index (χ4v) is 4.47. The molecule has 0 radical (unpaired) electrons. The van der Waals surface area contributed by atoms with Crippen LogP contribution in [0.3, 0.4) is 0 Å². The number of nitrogens with zero attached hydrogens (tertiary/aromatic N) is 1. The second-order valence-electron chi connectivity index (χ2n) is 6.04. The number of esters is 1.